The van der Waals surface area contributed by atoms with Gasteiger partial charge in [-0.15, -0.1) is 0 Å². The van der Waals surface area contributed by atoms with Crippen LogP contribution in [-0.2, 0) is 21.0 Å². The Bertz CT molecular complexity index is 1080. The number of benzene rings is 2. The van der Waals surface area contributed by atoms with Crippen LogP contribution in [0, 0.1) is 19.8 Å². The van der Waals surface area contributed by atoms with Crippen LogP contribution in [0.5, 0.6) is 0 Å². The molecule has 1 heterocycles. The van der Waals surface area contributed by atoms with Crippen LogP contribution < -0.4 is 5.32 Å². The van der Waals surface area contributed by atoms with Crippen LogP contribution in [0.2, 0.25) is 5.02 Å². The number of amides is 1. The molecule has 5 nitrogen and oxygen atoms in total. The monoisotopic (exact) mass is 474 g/mol. The van der Waals surface area contributed by atoms with E-state index in [1.807, 2.05) is 32.0 Å². The van der Waals surface area contributed by atoms with Gasteiger partial charge in [-0.2, -0.15) is 17.5 Å². The summed E-state index contributed by atoms with van der Waals surface area (Å²) < 4.78 is 66.1. The van der Waals surface area contributed by atoms with Crippen LogP contribution >= 0.6 is 11.6 Å². The Balaban J connectivity index is 1.69. The van der Waals surface area contributed by atoms with Gasteiger partial charge in [0.15, 0.2) is 0 Å². The third kappa shape index (κ3) is 5.39. The van der Waals surface area contributed by atoms with Gasteiger partial charge in [0.2, 0.25) is 15.9 Å². The average molecular weight is 475 g/mol. The van der Waals surface area contributed by atoms with Crippen LogP contribution in [0.4, 0.5) is 18.9 Å². The molecule has 1 N–H and O–H groups in total. The minimum Gasteiger partial charge on any atom is -0.326 e. The Labute approximate surface area is 184 Å². The van der Waals surface area contributed by atoms with Crippen molar-refractivity contribution in [3.8, 4) is 0 Å². The fraction of sp³-hybridized carbons (Fsp3) is 0.381. The maximum absolute atomic E-state index is 13.1. The number of piperidine rings is 1. The lowest BCUT2D eigenvalue weighted by Crippen LogP contribution is -2.41. The smallest absolute Gasteiger partial charge is 0.326 e. The standard InChI is InChI=1S/C21H22ClF3N2O3S/c1-13-9-14(2)11-16(10-13)26-20(28)15-5-7-27(8-6-15)31(29,30)17-3-4-19(22)18(12-17)21(23,24)25/h3-4,9-12,15H,5-8H2,1-2H3,(H,26,28). The average Bonchev–Trinajstić information content (AvgIpc) is 2.66. The van der Waals surface area contributed by atoms with E-state index >= 15 is 0 Å². The fourth-order valence-electron chi connectivity index (χ4n) is 3.68. The summed E-state index contributed by atoms with van der Waals surface area (Å²) in [6.07, 6.45) is -4.22. The van der Waals surface area contributed by atoms with Gasteiger partial charge in [-0.3, -0.25) is 4.79 Å². The maximum atomic E-state index is 13.1. The molecule has 31 heavy (non-hydrogen) atoms. The molecule has 3 rings (SSSR count). The molecule has 10 heteroatoms. The molecule has 168 valence electrons. The zero-order valence-corrected chi connectivity index (χ0v) is 18.5. The molecule has 0 bridgehead atoms. The van der Waals surface area contributed by atoms with E-state index in [2.05, 4.69) is 5.32 Å². The minimum atomic E-state index is -4.76. The van der Waals surface area contributed by atoms with Crippen molar-refractivity contribution in [1.82, 2.24) is 4.31 Å². The number of halogens is 4. The van der Waals surface area contributed by atoms with Crippen LogP contribution in [-0.4, -0.2) is 31.7 Å². The van der Waals surface area contributed by atoms with E-state index < -0.39 is 31.7 Å². The third-order valence-corrected chi connectivity index (χ3v) is 7.42. The van der Waals surface area contributed by atoms with E-state index in [1.54, 1.807) is 0 Å². The number of rotatable bonds is 4. The van der Waals surface area contributed by atoms with Crippen molar-refractivity contribution >= 4 is 33.2 Å². The summed E-state index contributed by atoms with van der Waals surface area (Å²) in [5.74, 6) is -0.587. The number of hydrogen-bond donors (Lipinski definition) is 1. The minimum absolute atomic E-state index is 0.0389. The Kier molecular flexibility index (Phi) is 6.69. The van der Waals surface area contributed by atoms with Crippen LogP contribution in [0.3, 0.4) is 0 Å². The molecule has 1 saturated heterocycles. The lowest BCUT2D eigenvalue weighted by molar-refractivity contribution is -0.137. The molecule has 0 aromatic heterocycles. The zero-order chi connectivity index (χ0) is 23.0. The first-order valence-corrected chi connectivity index (χ1v) is 11.5. The van der Waals surface area contributed by atoms with Gasteiger partial charge in [-0.25, -0.2) is 8.42 Å². The number of carbonyl (C=O) groups excluding carboxylic acids is 1. The van der Waals surface area contributed by atoms with Gasteiger partial charge in [0.25, 0.3) is 0 Å². The second-order valence-corrected chi connectivity index (χ2v) is 10.0. The SMILES string of the molecule is Cc1cc(C)cc(NC(=O)C2CCN(S(=O)(=O)c3ccc(Cl)c(C(F)(F)F)c3)CC2)c1. The first-order chi connectivity index (χ1) is 14.4. The molecule has 0 aliphatic carbocycles. The number of aryl methyl sites for hydroxylation is 2. The number of anilines is 1. The van der Waals surface area contributed by atoms with E-state index in [4.69, 9.17) is 11.6 Å². The summed E-state index contributed by atoms with van der Waals surface area (Å²) in [4.78, 5) is 12.1. The highest BCUT2D eigenvalue weighted by molar-refractivity contribution is 7.89. The first-order valence-electron chi connectivity index (χ1n) is 9.64. The highest BCUT2D eigenvalue weighted by atomic mass is 35.5. The largest absolute Gasteiger partial charge is 0.417 e. The Morgan fingerprint density at radius 3 is 2.19 bits per heavy atom. The van der Waals surface area contributed by atoms with Crippen molar-refractivity contribution in [1.29, 1.82) is 0 Å². The molecule has 2 aromatic rings. The van der Waals surface area contributed by atoms with Gasteiger partial charge in [-0.1, -0.05) is 17.7 Å². The van der Waals surface area contributed by atoms with Crippen molar-refractivity contribution in [3.05, 3.63) is 58.1 Å². The van der Waals surface area contributed by atoms with Gasteiger partial charge >= 0.3 is 6.18 Å². The van der Waals surface area contributed by atoms with Gasteiger partial charge in [0.1, 0.15) is 0 Å². The van der Waals surface area contributed by atoms with Crippen molar-refractivity contribution in [3.63, 3.8) is 0 Å². The van der Waals surface area contributed by atoms with Crippen molar-refractivity contribution in [2.45, 2.75) is 37.8 Å². The second-order valence-electron chi connectivity index (χ2n) is 7.68. The van der Waals surface area contributed by atoms with E-state index in [-0.39, 0.29) is 37.8 Å². The molecular weight excluding hydrogens is 453 g/mol. The van der Waals surface area contributed by atoms with Crippen molar-refractivity contribution in [2.24, 2.45) is 5.92 Å². The number of alkyl halides is 3. The summed E-state index contributed by atoms with van der Waals surface area (Å²) in [7, 11) is -4.14. The summed E-state index contributed by atoms with van der Waals surface area (Å²) in [6, 6.07) is 8.23. The molecule has 1 aliphatic heterocycles. The predicted octanol–water partition coefficient (Wildman–Crippen LogP) is 5.02. The molecule has 0 spiro atoms. The van der Waals surface area contributed by atoms with Gasteiger partial charge in [0.05, 0.1) is 15.5 Å². The predicted molar refractivity (Wildman–Crippen MR) is 112 cm³/mol. The van der Waals surface area contributed by atoms with Gasteiger partial charge < -0.3 is 5.32 Å². The Hall–Kier alpha value is -2.10. The number of nitrogens with zero attached hydrogens (tertiary/aromatic N) is 1. The topological polar surface area (TPSA) is 66.5 Å². The molecule has 0 atom stereocenters. The maximum Gasteiger partial charge on any atom is 0.417 e. The number of sulfonamides is 1. The van der Waals surface area contributed by atoms with E-state index in [0.29, 0.717) is 11.8 Å². The highest BCUT2D eigenvalue weighted by Gasteiger charge is 2.37. The molecule has 2 aromatic carbocycles. The quantitative estimate of drug-likeness (QED) is 0.677. The number of nitrogens with one attached hydrogen (secondary N) is 1. The summed E-state index contributed by atoms with van der Waals surface area (Å²) in [5, 5.41) is 2.30. The third-order valence-electron chi connectivity index (χ3n) is 5.19. The number of carbonyl (C=O) groups is 1. The highest BCUT2D eigenvalue weighted by Crippen LogP contribution is 2.37. The van der Waals surface area contributed by atoms with Crippen LogP contribution in [0.15, 0.2) is 41.3 Å². The second kappa shape index (κ2) is 8.80. The lowest BCUT2D eigenvalue weighted by atomic mass is 9.97. The number of hydrogen-bond acceptors (Lipinski definition) is 3. The van der Waals surface area contributed by atoms with E-state index in [9.17, 15) is 26.4 Å². The zero-order valence-electron chi connectivity index (χ0n) is 17.0. The van der Waals surface area contributed by atoms with Crippen molar-refractivity contribution < 1.29 is 26.4 Å². The van der Waals surface area contributed by atoms with Gasteiger partial charge in [-0.05, 0) is 68.1 Å². The van der Waals surface area contributed by atoms with Crippen molar-refractivity contribution in [2.75, 3.05) is 18.4 Å². The molecular formula is C21H22ClF3N2O3S. The molecule has 1 aliphatic rings. The van der Waals surface area contributed by atoms with Crippen LogP contribution in [0.1, 0.15) is 29.5 Å². The first kappa shape index (κ1) is 23.6. The molecule has 1 amide bonds. The van der Waals surface area contributed by atoms with E-state index in [1.165, 1.54) is 0 Å². The lowest BCUT2D eigenvalue weighted by Gasteiger charge is -2.30. The molecule has 0 unspecified atom stereocenters. The summed E-state index contributed by atoms with van der Waals surface area (Å²) in [6.45, 7) is 3.93. The van der Waals surface area contributed by atoms with Crippen LogP contribution in [0.25, 0.3) is 0 Å². The Morgan fingerprint density at radius 1 is 1.06 bits per heavy atom. The summed E-state index contributed by atoms with van der Waals surface area (Å²) in [5.41, 5.74) is 1.51. The summed E-state index contributed by atoms with van der Waals surface area (Å²) >= 11 is 5.58. The van der Waals surface area contributed by atoms with E-state index in [0.717, 1.165) is 27.6 Å². The normalized spacial score (nSPS) is 16.3. The molecule has 0 radical (unpaired) electrons. The Morgan fingerprint density at radius 2 is 1.65 bits per heavy atom. The van der Waals surface area contributed by atoms with Gasteiger partial charge in [0, 0.05) is 24.7 Å². The molecule has 1 fully saturated rings. The fourth-order valence-corrected chi connectivity index (χ4v) is 5.40. The molecule has 0 saturated carbocycles.